The zero-order valence-electron chi connectivity index (χ0n) is 13.7. The first-order chi connectivity index (χ1) is 11.2. The van der Waals surface area contributed by atoms with Crippen molar-refractivity contribution in [1.29, 1.82) is 0 Å². The number of urea groups is 4. The Bertz CT molecular complexity index is 558. The lowest BCUT2D eigenvalue weighted by atomic mass is 10.4. The van der Waals surface area contributed by atoms with Gasteiger partial charge >= 0.3 is 24.1 Å². The molecule has 132 valence electrons. The maximum atomic E-state index is 11.1. The molecule has 4 N–H and O–H groups in total. The molecular formula is C12H20N8O4. The molecule has 12 nitrogen and oxygen atoms in total. The second kappa shape index (κ2) is 5.32. The number of likely N-dealkylation sites (N-methyl/N-ethyl adjacent to an activating group) is 4. The van der Waals surface area contributed by atoms with Crippen LogP contribution < -0.4 is 21.3 Å². The highest BCUT2D eigenvalue weighted by Gasteiger charge is 2.48. The molecule has 0 aromatic carbocycles. The molecule has 2 atom stereocenters. The summed E-state index contributed by atoms with van der Waals surface area (Å²) in [5.41, 5.74) is 0. The van der Waals surface area contributed by atoms with E-state index in [1.54, 1.807) is 28.2 Å². The maximum absolute atomic E-state index is 11.1. The number of nitrogens with one attached hydrogen (secondary N) is 4. The normalized spacial score (nSPS) is 33.5. The predicted molar refractivity (Wildman–Crippen MR) is 80.3 cm³/mol. The van der Waals surface area contributed by atoms with Gasteiger partial charge in [0.2, 0.25) is 0 Å². The first kappa shape index (κ1) is 16.0. The predicted octanol–water partition coefficient (Wildman–Crippen LogP) is -2.10. The van der Waals surface area contributed by atoms with Crippen LogP contribution in [0, 0.1) is 0 Å². The Hall–Kier alpha value is -2.92. The minimum absolute atomic E-state index is 0.156. The molecule has 0 aromatic heterocycles. The Kier molecular flexibility index (Phi) is 3.53. The molecule has 4 saturated heterocycles. The summed E-state index contributed by atoms with van der Waals surface area (Å²) in [4.78, 5) is 50.3. The molecule has 4 aliphatic heterocycles. The Balaban J connectivity index is 0.000000141. The van der Waals surface area contributed by atoms with E-state index in [0.717, 1.165) is 0 Å². The van der Waals surface area contributed by atoms with Crippen LogP contribution in [0.4, 0.5) is 19.2 Å². The van der Waals surface area contributed by atoms with Crippen LogP contribution in [-0.4, -0.2) is 96.6 Å². The van der Waals surface area contributed by atoms with Gasteiger partial charge in [0.25, 0.3) is 0 Å². The quantitative estimate of drug-likeness (QED) is 0.402. The summed E-state index contributed by atoms with van der Waals surface area (Å²) in [5.74, 6) is 0. The van der Waals surface area contributed by atoms with E-state index in [2.05, 4.69) is 21.3 Å². The standard InChI is InChI=1S/2C6H10N4O2/c1-9-3-4(8-5(9)11)10(2)6(12)7-3;1-9-4-3(7-5(9)11)8-6(12)10(4)2/h3-4H,1-2H3,(H,7,12)(H,8,11);3-4H,1-2H3,(H,7,11)(H,8,12). The smallest absolute Gasteiger partial charge is 0.314 e. The largest absolute Gasteiger partial charge is 0.320 e. The summed E-state index contributed by atoms with van der Waals surface area (Å²) in [5, 5.41) is 10.6. The van der Waals surface area contributed by atoms with Gasteiger partial charge in [-0.3, -0.25) is 0 Å². The highest BCUT2D eigenvalue weighted by atomic mass is 16.2. The molecular weight excluding hydrogens is 320 g/mol. The van der Waals surface area contributed by atoms with Crippen LogP contribution in [0.2, 0.25) is 0 Å². The lowest BCUT2D eigenvalue weighted by Crippen LogP contribution is -2.42. The summed E-state index contributed by atoms with van der Waals surface area (Å²) in [6, 6.07) is -0.623. The van der Waals surface area contributed by atoms with E-state index in [0.29, 0.717) is 0 Å². The van der Waals surface area contributed by atoms with Crippen LogP contribution in [0.15, 0.2) is 0 Å². The van der Waals surface area contributed by atoms with Crippen molar-refractivity contribution < 1.29 is 19.2 Å². The molecule has 0 aliphatic carbocycles. The van der Waals surface area contributed by atoms with Gasteiger partial charge in [0.15, 0.2) is 0 Å². The third-order valence-corrected chi connectivity index (χ3v) is 4.61. The molecule has 4 fully saturated rings. The summed E-state index contributed by atoms with van der Waals surface area (Å²) in [6.07, 6.45) is -0.907. The number of fused-ring (bicyclic) bond motifs is 2. The number of hydrogen-bond acceptors (Lipinski definition) is 4. The molecule has 24 heavy (non-hydrogen) atoms. The zero-order chi connectivity index (χ0) is 17.8. The van der Waals surface area contributed by atoms with Crippen LogP contribution in [0.25, 0.3) is 0 Å². The second-order valence-corrected chi connectivity index (χ2v) is 6.02. The molecule has 0 bridgehead atoms. The molecule has 4 aliphatic rings. The van der Waals surface area contributed by atoms with Crippen molar-refractivity contribution >= 4 is 24.1 Å². The first-order valence-corrected chi connectivity index (χ1v) is 7.35. The van der Waals surface area contributed by atoms with Gasteiger partial charge in [-0.25, -0.2) is 19.2 Å². The average molecular weight is 340 g/mol. The highest BCUT2D eigenvalue weighted by Crippen LogP contribution is 2.18. The van der Waals surface area contributed by atoms with E-state index in [-0.39, 0.29) is 48.8 Å². The van der Waals surface area contributed by atoms with Gasteiger partial charge in [-0.15, -0.1) is 0 Å². The van der Waals surface area contributed by atoms with Crippen molar-refractivity contribution in [2.45, 2.75) is 24.7 Å². The minimum Gasteiger partial charge on any atom is -0.314 e. The summed E-state index contributed by atoms with van der Waals surface area (Å²) >= 11 is 0. The lowest BCUT2D eigenvalue weighted by molar-refractivity contribution is 0.162. The van der Waals surface area contributed by atoms with E-state index in [9.17, 15) is 19.2 Å². The fourth-order valence-corrected chi connectivity index (χ4v) is 3.09. The topological polar surface area (TPSA) is 129 Å². The second-order valence-electron chi connectivity index (χ2n) is 6.02. The molecule has 0 radical (unpaired) electrons. The Morgan fingerprint density at radius 3 is 1.25 bits per heavy atom. The molecule has 4 rings (SSSR count). The Morgan fingerprint density at radius 2 is 0.917 bits per heavy atom. The van der Waals surface area contributed by atoms with Crippen LogP contribution in [0.3, 0.4) is 0 Å². The molecule has 4 heterocycles. The third-order valence-electron chi connectivity index (χ3n) is 4.61. The molecule has 2 unspecified atom stereocenters. The number of amides is 8. The number of nitrogens with zero attached hydrogens (tertiary/aromatic N) is 4. The third kappa shape index (κ3) is 2.21. The number of carbonyl (C=O) groups excluding carboxylic acids is 4. The van der Waals surface area contributed by atoms with Crippen molar-refractivity contribution in [3.8, 4) is 0 Å². The van der Waals surface area contributed by atoms with Crippen LogP contribution in [-0.2, 0) is 0 Å². The van der Waals surface area contributed by atoms with E-state index >= 15 is 0 Å². The van der Waals surface area contributed by atoms with Crippen molar-refractivity contribution in [3.63, 3.8) is 0 Å². The fourth-order valence-electron chi connectivity index (χ4n) is 3.09. The summed E-state index contributed by atoms with van der Waals surface area (Å²) in [7, 11) is 6.63. The first-order valence-electron chi connectivity index (χ1n) is 7.35. The van der Waals surface area contributed by atoms with Crippen LogP contribution in [0.5, 0.6) is 0 Å². The zero-order valence-corrected chi connectivity index (χ0v) is 13.7. The van der Waals surface area contributed by atoms with Gasteiger partial charge < -0.3 is 40.9 Å². The highest BCUT2D eigenvalue weighted by molar-refractivity contribution is 5.85. The van der Waals surface area contributed by atoms with E-state index in [4.69, 9.17) is 0 Å². The Labute approximate surface area is 138 Å². The minimum atomic E-state index is -0.264. The van der Waals surface area contributed by atoms with Gasteiger partial charge in [0, 0.05) is 28.2 Å². The maximum Gasteiger partial charge on any atom is 0.320 e. The van der Waals surface area contributed by atoms with E-state index in [1.807, 2.05) is 0 Å². The Morgan fingerprint density at radius 1 is 0.583 bits per heavy atom. The van der Waals surface area contributed by atoms with E-state index < -0.39 is 0 Å². The average Bonchev–Trinajstić information content (AvgIpc) is 3.15. The fraction of sp³-hybridized carbons (Fsp3) is 0.667. The van der Waals surface area contributed by atoms with Crippen molar-refractivity contribution in [3.05, 3.63) is 0 Å². The van der Waals surface area contributed by atoms with Gasteiger partial charge in [0.05, 0.1) is 0 Å². The number of carbonyl (C=O) groups is 4. The molecule has 12 heteroatoms. The molecule has 0 spiro atoms. The molecule has 0 saturated carbocycles. The SMILES string of the molecule is CN1C(=O)NC2C1NC(=O)N2C.CN1C(=O)NC2NC(=O)N(C)C21. The van der Waals surface area contributed by atoms with Crippen LogP contribution >= 0.6 is 0 Å². The number of hydrogen-bond donors (Lipinski definition) is 4. The van der Waals surface area contributed by atoms with Crippen molar-refractivity contribution in [1.82, 2.24) is 40.9 Å². The monoisotopic (exact) mass is 340 g/mol. The van der Waals surface area contributed by atoms with Crippen molar-refractivity contribution in [2.24, 2.45) is 0 Å². The van der Waals surface area contributed by atoms with Gasteiger partial charge in [-0.05, 0) is 0 Å². The van der Waals surface area contributed by atoms with Crippen LogP contribution in [0.1, 0.15) is 0 Å². The van der Waals surface area contributed by atoms with Gasteiger partial charge in [0.1, 0.15) is 24.7 Å². The summed E-state index contributed by atoms with van der Waals surface area (Å²) in [6.45, 7) is 0. The van der Waals surface area contributed by atoms with Gasteiger partial charge in [-0.2, -0.15) is 0 Å². The molecule has 0 aromatic rings. The molecule has 8 amide bonds. The lowest BCUT2D eigenvalue weighted by Gasteiger charge is -2.22. The van der Waals surface area contributed by atoms with Gasteiger partial charge in [-0.1, -0.05) is 0 Å². The number of rotatable bonds is 0. The van der Waals surface area contributed by atoms with Crippen molar-refractivity contribution in [2.75, 3.05) is 28.2 Å². The summed E-state index contributed by atoms with van der Waals surface area (Å²) < 4.78 is 0. The van der Waals surface area contributed by atoms with E-state index in [1.165, 1.54) is 19.6 Å².